The highest BCUT2D eigenvalue weighted by molar-refractivity contribution is 4.68. The van der Waals surface area contributed by atoms with Crippen molar-refractivity contribution in [3.8, 4) is 0 Å². The van der Waals surface area contributed by atoms with Crippen molar-refractivity contribution in [2.75, 3.05) is 19.7 Å². The van der Waals surface area contributed by atoms with Gasteiger partial charge < -0.3 is 20.3 Å². The van der Waals surface area contributed by atoms with Crippen molar-refractivity contribution in [1.82, 2.24) is 5.32 Å². The summed E-state index contributed by atoms with van der Waals surface area (Å²) in [7, 11) is 0. The number of aliphatic hydroxyl groups excluding tert-OH is 2. The molecule has 2 unspecified atom stereocenters. The Bertz CT molecular complexity index is 170. The lowest BCUT2D eigenvalue weighted by atomic mass is 10.3. The summed E-state index contributed by atoms with van der Waals surface area (Å²) in [5.41, 5.74) is 0. The van der Waals surface area contributed by atoms with Gasteiger partial charge in [0.1, 0.15) is 0 Å². The van der Waals surface area contributed by atoms with Crippen molar-refractivity contribution < 1.29 is 14.9 Å². The van der Waals surface area contributed by atoms with Crippen LogP contribution in [0.2, 0.25) is 0 Å². The highest BCUT2D eigenvalue weighted by Gasteiger charge is 2.16. The van der Waals surface area contributed by atoms with Gasteiger partial charge in [-0.25, -0.2) is 0 Å². The zero-order valence-corrected chi connectivity index (χ0v) is 10.2. The van der Waals surface area contributed by atoms with Gasteiger partial charge in [0.25, 0.3) is 0 Å². The monoisotopic (exact) mass is 231 g/mol. The third kappa shape index (κ3) is 6.43. The Hall–Kier alpha value is -0.160. The van der Waals surface area contributed by atoms with E-state index in [4.69, 9.17) is 9.84 Å². The van der Waals surface area contributed by atoms with Crippen LogP contribution >= 0.6 is 0 Å². The molecule has 16 heavy (non-hydrogen) atoms. The summed E-state index contributed by atoms with van der Waals surface area (Å²) in [5.74, 6) is 0. The first-order valence-electron chi connectivity index (χ1n) is 6.37. The number of hydrogen-bond donors (Lipinski definition) is 3. The van der Waals surface area contributed by atoms with Crippen LogP contribution in [0.4, 0.5) is 0 Å². The Morgan fingerprint density at radius 3 is 2.62 bits per heavy atom. The molecule has 1 saturated carbocycles. The number of rotatable bonds is 8. The van der Waals surface area contributed by atoms with Crippen molar-refractivity contribution >= 4 is 0 Å². The highest BCUT2D eigenvalue weighted by Crippen LogP contribution is 2.20. The molecule has 0 heterocycles. The average molecular weight is 231 g/mol. The molecule has 0 bridgehead atoms. The Morgan fingerprint density at radius 1 is 1.31 bits per heavy atom. The highest BCUT2D eigenvalue weighted by atomic mass is 16.5. The second-order valence-electron chi connectivity index (χ2n) is 4.74. The fourth-order valence-corrected chi connectivity index (χ4v) is 1.94. The van der Waals surface area contributed by atoms with Crippen molar-refractivity contribution in [3.05, 3.63) is 0 Å². The second-order valence-corrected chi connectivity index (χ2v) is 4.74. The van der Waals surface area contributed by atoms with Gasteiger partial charge in [0, 0.05) is 6.54 Å². The molecule has 4 heteroatoms. The minimum absolute atomic E-state index is 0.278. The molecule has 1 aliphatic rings. The van der Waals surface area contributed by atoms with Crippen LogP contribution in [0.25, 0.3) is 0 Å². The summed E-state index contributed by atoms with van der Waals surface area (Å²) in [5, 5.41) is 21.8. The molecule has 0 aromatic rings. The number of aliphatic hydroxyl groups is 2. The molecule has 1 aliphatic carbocycles. The molecule has 0 amide bonds. The van der Waals surface area contributed by atoms with Gasteiger partial charge in [0.05, 0.1) is 24.9 Å². The van der Waals surface area contributed by atoms with Crippen LogP contribution in [0.1, 0.15) is 39.0 Å². The van der Waals surface area contributed by atoms with E-state index in [1.54, 1.807) is 6.92 Å². The zero-order valence-electron chi connectivity index (χ0n) is 10.2. The van der Waals surface area contributed by atoms with Crippen molar-refractivity contribution in [3.63, 3.8) is 0 Å². The Morgan fingerprint density at radius 2 is 2.00 bits per heavy atom. The van der Waals surface area contributed by atoms with Gasteiger partial charge in [-0.15, -0.1) is 0 Å². The first-order chi connectivity index (χ1) is 7.68. The summed E-state index contributed by atoms with van der Waals surface area (Å²) < 4.78 is 5.60. The van der Waals surface area contributed by atoms with E-state index >= 15 is 0 Å². The number of ether oxygens (including phenoxy) is 1. The van der Waals surface area contributed by atoms with Gasteiger partial charge in [-0.1, -0.05) is 12.8 Å². The Kier molecular flexibility index (Phi) is 6.96. The predicted molar refractivity (Wildman–Crippen MR) is 63.4 cm³/mol. The van der Waals surface area contributed by atoms with Gasteiger partial charge in [-0.2, -0.15) is 0 Å². The molecular weight excluding hydrogens is 206 g/mol. The third-order valence-corrected chi connectivity index (χ3v) is 2.95. The minimum atomic E-state index is -0.436. The smallest absolute Gasteiger partial charge is 0.0897 e. The van der Waals surface area contributed by atoms with E-state index in [0.717, 1.165) is 25.8 Å². The van der Waals surface area contributed by atoms with E-state index in [1.165, 1.54) is 12.8 Å². The third-order valence-electron chi connectivity index (χ3n) is 2.95. The molecule has 0 aliphatic heterocycles. The summed E-state index contributed by atoms with van der Waals surface area (Å²) in [6, 6.07) is 0. The number of nitrogens with one attached hydrogen (secondary N) is 1. The van der Waals surface area contributed by atoms with E-state index in [9.17, 15) is 5.11 Å². The lowest BCUT2D eigenvalue weighted by molar-refractivity contribution is -0.00553. The standard InChI is InChI=1S/C12H25NO3/c1-10(14)6-7-13-8-11(15)9-16-12-4-2-3-5-12/h10-15H,2-9H2,1H3. The van der Waals surface area contributed by atoms with Crippen LogP contribution in [0.15, 0.2) is 0 Å². The quantitative estimate of drug-likeness (QED) is 0.537. The molecular formula is C12H25NO3. The lowest BCUT2D eigenvalue weighted by Crippen LogP contribution is -2.33. The van der Waals surface area contributed by atoms with Crippen LogP contribution in [0.3, 0.4) is 0 Å². The predicted octanol–water partition coefficient (Wildman–Crippen LogP) is 0.667. The molecule has 0 aromatic heterocycles. The zero-order chi connectivity index (χ0) is 11.8. The summed E-state index contributed by atoms with van der Waals surface area (Å²) in [6.45, 7) is 3.46. The van der Waals surface area contributed by atoms with E-state index in [2.05, 4.69) is 5.32 Å². The molecule has 4 nitrogen and oxygen atoms in total. The van der Waals surface area contributed by atoms with E-state index in [-0.39, 0.29) is 6.10 Å². The first kappa shape index (κ1) is 13.9. The van der Waals surface area contributed by atoms with E-state index < -0.39 is 6.10 Å². The largest absolute Gasteiger partial charge is 0.393 e. The lowest BCUT2D eigenvalue weighted by Gasteiger charge is -2.16. The van der Waals surface area contributed by atoms with E-state index in [1.807, 2.05) is 0 Å². The maximum Gasteiger partial charge on any atom is 0.0897 e. The van der Waals surface area contributed by atoms with Crippen molar-refractivity contribution in [2.45, 2.75) is 57.3 Å². The molecule has 0 radical (unpaired) electrons. The summed E-state index contributed by atoms with van der Waals surface area (Å²) in [6.07, 6.45) is 5.17. The molecule has 0 spiro atoms. The van der Waals surface area contributed by atoms with Crippen molar-refractivity contribution in [1.29, 1.82) is 0 Å². The molecule has 0 aromatic carbocycles. The van der Waals surface area contributed by atoms with Gasteiger partial charge >= 0.3 is 0 Å². The fourth-order valence-electron chi connectivity index (χ4n) is 1.94. The average Bonchev–Trinajstić information content (AvgIpc) is 2.74. The number of hydrogen-bond acceptors (Lipinski definition) is 4. The molecule has 0 saturated heterocycles. The SMILES string of the molecule is CC(O)CCNCC(O)COC1CCCC1. The van der Waals surface area contributed by atoms with Crippen LogP contribution in [-0.2, 0) is 4.74 Å². The van der Waals surface area contributed by atoms with Gasteiger partial charge in [0.2, 0.25) is 0 Å². The summed E-state index contributed by atoms with van der Waals surface area (Å²) >= 11 is 0. The van der Waals surface area contributed by atoms with Crippen LogP contribution < -0.4 is 5.32 Å². The van der Waals surface area contributed by atoms with Crippen LogP contribution in [-0.4, -0.2) is 48.2 Å². The van der Waals surface area contributed by atoms with Crippen molar-refractivity contribution in [2.24, 2.45) is 0 Å². The van der Waals surface area contributed by atoms with Gasteiger partial charge in [-0.05, 0) is 32.7 Å². The maximum atomic E-state index is 9.62. The topological polar surface area (TPSA) is 61.7 Å². The molecule has 3 N–H and O–H groups in total. The Balaban J connectivity index is 1.91. The Labute approximate surface area is 98.0 Å². The normalized spacial score (nSPS) is 21.2. The second kappa shape index (κ2) is 8.01. The van der Waals surface area contributed by atoms with E-state index in [0.29, 0.717) is 19.3 Å². The maximum absolute atomic E-state index is 9.62. The molecule has 1 rings (SSSR count). The van der Waals surface area contributed by atoms with Gasteiger partial charge in [0.15, 0.2) is 0 Å². The van der Waals surface area contributed by atoms with Gasteiger partial charge in [-0.3, -0.25) is 0 Å². The van der Waals surface area contributed by atoms with Crippen LogP contribution in [0, 0.1) is 0 Å². The summed E-state index contributed by atoms with van der Waals surface area (Å²) in [4.78, 5) is 0. The fraction of sp³-hybridized carbons (Fsp3) is 1.00. The first-order valence-corrected chi connectivity index (χ1v) is 6.37. The molecule has 1 fully saturated rings. The molecule has 96 valence electrons. The van der Waals surface area contributed by atoms with Crippen LogP contribution in [0.5, 0.6) is 0 Å². The molecule has 2 atom stereocenters. The minimum Gasteiger partial charge on any atom is -0.393 e.